The van der Waals surface area contributed by atoms with Gasteiger partial charge in [-0.3, -0.25) is 4.52 Å². The van der Waals surface area contributed by atoms with Crippen molar-refractivity contribution >= 4 is 31.5 Å². The molecule has 2 aromatic heterocycles. The van der Waals surface area contributed by atoms with E-state index in [1.54, 1.807) is 33.8 Å². The quantitative estimate of drug-likeness (QED) is 0.176. The van der Waals surface area contributed by atoms with Crippen molar-refractivity contribution in [3.8, 4) is 6.07 Å². The standard InChI is InChI=1S/C22H30N5O13P/c1-12(2)38-20(30)33-10-36-41(32,37-11-34-21(31)39-13(3)4)35-7-15-17(28)18(29)22(8-23,40-15)16-6-5-14-19(24)25-9-26-27(14)16/h5-6,9,12-13,15,17-18,28-29H,7,10-11H2,1-4H3,(H2,24,25,26)/t15-,17-,18-,22+/m1/s1/i5D. The molecular formula is C22H30N5O13P. The van der Waals surface area contributed by atoms with Gasteiger partial charge in [0.1, 0.15) is 36.2 Å². The van der Waals surface area contributed by atoms with Gasteiger partial charge in [0.05, 0.1) is 25.9 Å². The molecule has 0 aromatic carbocycles. The fourth-order valence-corrected chi connectivity index (χ4v) is 4.39. The predicted molar refractivity (Wildman–Crippen MR) is 132 cm³/mol. The Labute approximate surface area is 234 Å². The van der Waals surface area contributed by atoms with Crippen LogP contribution < -0.4 is 5.73 Å². The summed E-state index contributed by atoms with van der Waals surface area (Å²) in [6.45, 7) is 3.39. The molecule has 0 radical (unpaired) electrons. The fourth-order valence-electron chi connectivity index (χ4n) is 3.47. The molecule has 226 valence electrons. The molecule has 3 rings (SSSR count). The number of aliphatic hydroxyl groups excluding tert-OH is 2. The summed E-state index contributed by atoms with van der Waals surface area (Å²) in [6.07, 6.45) is -7.62. The number of rotatable bonds is 12. The number of nitrogens with zero attached hydrogens (tertiary/aromatic N) is 4. The number of hydrogen-bond acceptors (Lipinski definition) is 17. The summed E-state index contributed by atoms with van der Waals surface area (Å²) < 4.78 is 62.0. The number of phosphoric acid groups is 1. The lowest BCUT2D eigenvalue weighted by molar-refractivity contribution is -0.0752. The molecule has 1 aliphatic heterocycles. The highest BCUT2D eigenvalue weighted by molar-refractivity contribution is 7.48. The number of hydrogen-bond donors (Lipinski definition) is 3. The number of aliphatic hydroxyl groups is 2. The van der Waals surface area contributed by atoms with Crippen molar-refractivity contribution in [2.45, 2.75) is 63.8 Å². The molecule has 0 amide bonds. The maximum absolute atomic E-state index is 13.2. The van der Waals surface area contributed by atoms with Crippen molar-refractivity contribution in [1.29, 1.82) is 5.26 Å². The van der Waals surface area contributed by atoms with E-state index in [4.69, 9.17) is 34.9 Å². The van der Waals surface area contributed by atoms with Crippen molar-refractivity contribution < 1.29 is 63.0 Å². The third-order valence-corrected chi connectivity index (χ3v) is 6.54. The highest BCUT2D eigenvalue weighted by atomic mass is 31.2. The largest absolute Gasteiger partial charge is 0.510 e. The van der Waals surface area contributed by atoms with Crippen molar-refractivity contribution in [3.63, 3.8) is 0 Å². The molecule has 0 bridgehead atoms. The SMILES string of the molecule is [2H]c1cc([C@]2(C#N)O[C@H](COP(=O)(OCOC(=O)OC(C)C)OCOC(=O)OC(C)C)[C@@H](O)[C@H]2O)n2ncnc(N)c12. The molecule has 0 spiro atoms. The number of carbonyl (C=O) groups excluding carboxylic acids is 2. The summed E-state index contributed by atoms with van der Waals surface area (Å²) in [7, 11) is -4.76. The Kier molecular flexibility index (Phi) is 9.94. The first-order valence-corrected chi connectivity index (χ1v) is 13.4. The van der Waals surface area contributed by atoms with Gasteiger partial charge in [-0.2, -0.15) is 10.4 Å². The summed E-state index contributed by atoms with van der Waals surface area (Å²) >= 11 is 0. The molecule has 19 heteroatoms. The minimum absolute atomic E-state index is 0.0189. The van der Waals surface area contributed by atoms with Crippen molar-refractivity contribution in [2.75, 3.05) is 25.9 Å². The van der Waals surface area contributed by atoms with E-state index in [-0.39, 0.29) is 23.1 Å². The zero-order valence-corrected chi connectivity index (χ0v) is 23.3. The number of carbonyl (C=O) groups is 2. The number of phosphoric ester groups is 1. The lowest BCUT2D eigenvalue weighted by Crippen LogP contribution is -2.41. The zero-order valence-electron chi connectivity index (χ0n) is 23.4. The van der Waals surface area contributed by atoms with Crippen LogP contribution in [0.1, 0.15) is 34.8 Å². The molecular weight excluding hydrogens is 573 g/mol. The van der Waals surface area contributed by atoms with Crippen LogP contribution in [0.5, 0.6) is 0 Å². The molecule has 0 aliphatic carbocycles. The second-order valence-electron chi connectivity index (χ2n) is 8.88. The second-order valence-corrected chi connectivity index (χ2v) is 10.5. The average molecular weight is 604 g/mol. The first-order chi connectivity index (χ1) is 19.7. The molecule has 0 unspecified atom stereocenters. The highest BCUT2D eigenvalue weighted by Gasteiger charge is 2.58. The number of nitriles is 1. The van der Waals surface area contributed by atoms with Crippen LogP contribution in [0.4, 0.5) is 15.4 Å². The van der Waals surface area contributed by atoms with Crippen LogP contribution in [0, 0.1) is 11.3 Å². The molecule has 18 nitrogen and oxygen atoms in total. The van der Waals surface area contributed by atoms with Gasteiger partial charge in [0.25, 0.3) is 0 Å². The Hall–Kier alpha value is -3.56. The number of fused-ring (bicyclic) bond motifs is 1. The molecule has 1 saturated heterocycles. The zero-order chi connectivity index (χ0) is 31.2. The van der Waals surface area contributed by atoms with Gasteiger partial charge in [-0.1, -0.05) is 0 Å². The minimum Gasteiger partial charge on any atom is -0.432 e. The number of nitrogens with two attached hydrogens (primary N) is 1. The van der Waals surface area contributed by atoms with Gasteiger partial charge in [0.15, 0.2) is 5.82 Å². The second kappa shape index (κ2) is 13.4. The maximum Gasteiger partial charge on any atom is 0.510 e. The Bertz CT molecular complexity index is 1340. The minimum atomic E-state index is -4.76. The molecule has 3 heterocycles. The predicted octanol–water partition coefficient (Wildman–Crippen LogP) is 1.35. The summed E-state index contributed by atoms with van der Waals surface area (Å²) in [5, 5.41) is 35.6. The Balaban J connectivity index is 1.77. The van der Waals surface area contributed by atoms with Crippen LogP contribution in [0.15, 0.2) is 18.4 Å². The normalized spacial score (nSPS) is 22.9. The molecule has 1 aliphatic rings. The van der Waals surface area contributed by atoms with Crippen molar-refractivity contribution in [3.05, 3.63) is 24.1 Å². The Morgan fingerprint density at radius 1 is 1.20 bits per heavy atom. The summed E-state index contributed by atoms with van der Waals surface area (Å²) in [5.74, 6) is -0.0866. The van der Waals surface area contributed by atoms with Crippen molar-refractivity contribution in [1.82, 2.24) is 14.6 Å². The van der Waals surface area contributed by atoms with Gasteiger partial charge in [0.2, 0.25) is 19.2 Å². The van der Waals surface area contributed by atoms with Crippen LogP contribution in [-0.4, -0.2) is 87.8 Å². The van der Waals surface area contributed by atoms with E-state index in [0.29, 0.717) is 0 Å². The number of ether oxygens (including phenoxy) is 5. The van der Waals surface area contributed by atoms with Gasteiger partial charge in [0, 0.05) is 0 Å². The third kappa shape index (κ3) is 7.59. The third-order valence-electron chi connectivity index (χ3n) is 5.23. The molecule has 1 fully saturated rings. The van der Waals surface area contributed by atoms with E-state index >= 15 is 0 Å². The lowest BCUT2D eigenvalue weighted by atomic mass is 9.92. The van der Waals surface area contributed by atoms with Crippen LogP contribution in [-0.2, 0) is 47.4 Å². The maximum atomic E-state index is 13.2. The highest BCUT2D eigenvalue weighted by Crippen LogP contribution is 2.50. The average Bonchev–Trinajstić information content (AvgIpc) is 3.37. The number of aromatic nitrogens is 3. The van der Waals surface area contributed by atoms with E-state index in [0.717, 1.165) is 16.9 Å². The smallest absolute Gasteiger partial charge is 0.432 e. The molecule has 4 N–H and O–H groups in total. The van der Waals surface area contributed by atoms with Gasteiger partial charge < -0.3 is 39.6 Å². The van der Waals surface area contributed by atoms with E-state index in [1.165, 1.54) is 0 Å². The molecule has 0 saturated carbocycles. The molecule has 2 aromatic rings. The fraction of sp³-hybridized carbons (Fsp3) is 0.591. The number of anilines is 1. The first kappa shape index (κ1) is 30.4. The van der Waals surface area contributed by atoms with Gasteiger partial charge in [-0.15, -0.1) is 0 Å². The van der Waals surface area contributed by atoms with Gasteiger partial charge in [-0.25, -0.2) is 32.7 Å². The van der Waals surface area contributed by atoms with E-state index in [9.17, 15) is 29.6 Å². The van der Waals surface area contributed by atoms with Crippen LogP contribution in [0.2, 0.25) is 0 Å². The van der Waals surface area contributed by atoms with Crippen LogP contribution in [0.3, 0.4) is 0 Å². The molecule has 4 atom stereocenters. The van der Waals surface area contributed by atoms with Gasteiger partial charge in [-0.05, 0) is 39.8 Å². The summed E-state index contributed by atoms with van der Waals surface area (Å²) in [5.41, 5.74) is 3.39. The number of nitrogen functional groups attached to an aromatic ring is 1. The van der Waals surface area contributed by atoms with Crippen molar-refractivity contribution in [2.24, 2.45) is 0 Å². The monoisotopic (exact) mass is 604 g/mol. The van der Waals surface area contributed by atoms with E-state index < -0.39 is 76.4 Å². The topological polar surface area (TPSA) is 246 Å². The summed E-state index contributed by atoms with van der Waals surface area (Å²) in [6, 6.07) is 2.74. The Morgan fingerprint density at radius 3 is 2.32 bits per heavy atom. The first-order valence-electron chi connectivity index (χ1n) is 12.5. The van der Waals surface area contributed by atoms with Gasteiger partial charge >= 0.3 is 20.1 Å². The Morgan fingerprint density at radius 2 is 1.78 bits per heavy atom. The van der Waals surface area contributed by atoms with Crippen LogP contribution >= 0.6 is 7.82 Å². The van der Waals surface area contributed by atoms with E-state index in [1.807, 2.05) is 0 Å². The summed E-state index contributed by atoms with van der Waals surface area (Å²) in [4.78, 5) is 27.0. The van der Waals surface area contributed by atoms with E-state index in [2.05, 4.69) is 19.6 Å². The lowest BCUT2D eigenvalue weighted by Gasteiger charge is -2.24. The molecule has 41 heavy (non-hydrogen) atoms. The van der Waals surface area contributed by atoms with Crippen LogP contribution in [0.25, 0.3) is 5.52 Å².